The molecule has 1 heterocycles. The Bertz CT molecular complexity index is 780. The van der Waals surface area contributed by atoms with E-state index in [2.05, 4.69) is 0 Å². The van der Waals surface area contributed by atoms with Gasteiger partial charge in [0.2, 0.25) is 0 Å². The second kappa shape index (κ2) is 4.68. The zero-order chi connectivity index (χ0) is 14.3. The summed E-state index contributed by atoms with van der Waals surface area (Å²) in [5, 5.41) is 10.5. The van der Waals surface area contributed by atoms with E-state index in [1.807, 2.05) is 0 Å². The molecular formula is C15H9F3O2. The van der Waals surface area contributed by atoms with E-state index in [1.54, 1.807) is 0 Å². The van der Waals surface area contributed by atoms with Crippen LogP contribution in [0.25, 0.3) is 11.0 Å². The number of hydrogen-bond acceptors (Lipinski definition) is 2. The summed E-state index contributed by atoms with van der Waals surface area (Å²) in [5.74, 6) is -2.61. The van der Waals surface area contributed by atoms with Crippen molar-refractivity contribution in [2.45, 2.75) is 6.10 Å². The van der Waals surface area contributed by atoms with Gasteiger partial charge in [-0.25, -0.2) is 13.2 Å². The maximum absolute atomic E-state index is 13.6. The van der Waals surface area contributed by atoms with Crippen LogP contribution in [0.5, 0.6) is 0 Å². The molecule has 0 aliphatic heterocycles. The summed E-state index contributed by atoms with van der Waals surface area (Å²) in [7, 11) is 0. The third-order valence-corrected chi connectivity index (χ3v) is 3.04. The molecule has 0 aliphatic carbocycles. The quantitative estimate of drug-likeness (QED) is 0.770. The highest BCUT2D eigenvalue weighted by molar-refractivity contribution is 5.78. The van der Waals surface area contributed by atoms with Gasteiger partial charge in [-0.1, -0.05) is 12.1 Å². The van der Waals surface area contributed by atoms with Crippen LogP contribution < -0.4 is 0 Å². The first-order valence-electron chi connectivity index (χ1n) is 5.87. The lowest BCUT2D eigenvalue weighted by molar-refractivity contribution is 0.186. The maximum atomic E-state index is 13.6. The molecule has 1 atom stereocenters. The Morgan fingerprint density at radius 3 is 2.60 bits per heavy atom. The molecule has 0 radical (unpaired) electrons. The van der Waals surface area contributed by atoms with Crippen LogP contribution in [0.1, 0.15) is 17.4 Å². The minimum Gasteiger partial charge on any atom is -0.458 e. The normalized spacial score (nSPS) is 12.8. The first-order valence-corrected chi connectivity index (χ1v) is 5.87. The van der Waals surface area contributed by atoms with Crippen molar-refractivity contribution in [3.63, 3.8) is 0 Å². The molecule has 2 nitrogen and oxygen atoms in total. The number of rotatable bonds is 2. The standard InChI is InChI=1S/C15H9F3O2/c16-9-4-5-12-8(6-9)7-13(20-12)15(19)10-2-1-3-11(17)14(10)18/h1-7,15,19H. The fourth-order valence-corrected chi connectivity index (χ4v) is 2.05. The van der Waals surface area contributed by atoms with Crippen molar-refractivity contribution < 1.29 is 22.7 Å². The van der Waals surface area contributed by atoms with E-state index in [4.69, 9.17) is 4.42 Å². The van der Waals surface area contributed by atoms with Crippen LogP contribution in [0.3, 0.4) is 0 Å². The molecule has 0 amide bonds. The Labute approximate surface area is 112 Å². The fourth-order valence-electron chi connectivity index (χ4n) is 2.05. The van der Waals surface area contributed by atoms with Crippen molar-refractivity contribution in [1.29, 1.82) is 0 Å². The molecule has 20 heavy (non-hydrogen) atoms. The van der Waals surface area contributed by atoms with Gasteiger partial charge in [0.1, 0.15) is 23.3 Å². The molecule has 0 bridgehead atoms. The van der Waals surface area contributed by atoms with Crippen LogP contribution in [0.4, 0.5) is 13.2 Å². The highest BCUT2D eigenvalue weighted by atomic mass is 19.2. The van der Waals surface area contributed by atoms with Gasteiger partial charge in [0.25, 0.3) is 0 Å². The van der Waals surface area contributed by atoms with E-state index in [9.17, 15) is 18.3 Å². The lowest BCUT2D eigenvalue weighted by Crippen LogP contribution is -2.02. The predicted molar refractivity (Wildman–Crippen MR) is 66.6 cm³/mol. The first kappa shape index (κ1) is 12.7. The van der Waals surface area contributed by atoms with Gasteiger partial charge in [0, 0.05) is 10.9 Å². The van der Waals surface area contributed by atoms with Gasteiger partial charge in [-0.05, 0) is 30.3 Å². The van der Waals surface area contributed by atoms with Crippen LogP contribution in [-0.2, 0) is 0 Å². The predicted octanol–water partition coefficient (Wildman–Crippen LogP) is 3.93. The molecule has 1 unspecified atom stereocenters. The average Bonchev–Trinajstić information content (AvgIpc) is 2.84. The highest BCUT2D eigenvalue weighted by Crippen LogP contribution is 2.30. The molecule has 0 aliphatic rings. The summed E-state index contributed by atoms with van der Waals surface area (Å²) < 4.78 is 45.2. The summed E-state index contributed by atoms with van der Waals surface area (Å²) in [6, 6.07) is 8.76. The second-order valence-corrected chi connectivity index (χ2v) is 4.38. The summed E-state index contributed by atoms with van der Waals surface area (Å²) in [5.41, 5.74) is 0.127. The molecule has 0 spiro atoms. The number of halogens is 3. The first-order chi connectivity index (χ1) is 9.56. The van der Waals surface area contributed by atoms with Crippen LogP contribution in [0.15, 0.2) is 46.9 Å². The number of hydrogen-bond donors (Lipinski definition) is 1. The van der Waals surface area contributed by atoms with Gasteiger partial charge in [0.05, 0.1) is 0 Å². The maximum Gasteiger partial charge on any atom is 0.165 e. The Balaban J connectivity index is 2.08. The topological polar surface area (TPSA) is 33.4 Å². The average molecular weight is 278 g/mol. The molecule has 0 fully saturated rings. The molecule has 0 saturated heterocycles. The van der Waals surface area contributed by atoms with E-state index >= 15 is 0 Å². The molecule has 3 aromatic rings. The smallest absolute Gasteiger partial charge is 0.165 e. The minimum atomic E-state index is -1.46. The van der Waals surface area contributed by atoms with Crippen molar-refractivity contribution in [2.24, 2.45) is 0 Å². The number of aliphatic hydroxyl groups is 1. The van der Waals surface area contributed by atoms with E-state index in [0.29, 0.717) is 11.0 Å². The number of fused-ring (bicyclic) bond motifs is 1. The van der Waals surface area contributed by atoms with Crippen LogP contribution in [-0.4, -0.2) is 5.11 Å². The van der Waals surface area contributed by atoms with E-state index in [0.717, 1.165) is 6.07 Å². The molecule has 0 saturated carbocycles. The number of furan rings is 1. The molecule has 1 N–H and O–H groups in total. The van der Waals surface area contributed by atoms with Gasteiger partial charge < -0.3 is 9.52 Å². The van der Waals surface area contributed by atoms with E-state index in [-0.39, 0.29) is 11.3 Å². The van der Waals surface area contributed by atoms with Gasteiger partial charge in [0.15, 0.2) is 11.6 Å². The molecule has 102 valence electrons. The van der Waals surface area contributed by atoms with Crippen molar-refractivity contribution in [3.8, 4) is 0 Å². The van der Waals surface area contributed by atoms with Crippen molar-refractivity contribution in [3.05, 3.63) is 71.2 Å². The van der Waals surface area contributed by atoms with Gasteiger partial charge in [-0.3, -0.25) is 0 Å². The Morgan fingerprint density at radius 2 is 1.80 bits per heavy atom. The van der Waals surface area contributed by atoms with Gasteiger partial charge in [-0.2, -0.15) is 0 Å². The Hall–Kier alpha value is -2.27. The van der Waals surface area contributed by atoms with Gasteiger partial charge in [-0.15, -0.1) is 0 Å². The second-order valence-electron chi connectivity index (χ2n) is 4.38. The van der Waals surface area contributed by atoms with Crippen LogP contribution in [0, 0.1) is 17.5 Å². The lowest BCUT2D eigenvalue weighted by Gasteiger charge is -2.09. The molecule has 5 heteroatoms. The number of benzene rings is 2. The highest BCUT2D eigenvalue weighted by Gasteiger charge is 2.21. The van der Waals surface area contributed by atoms with Gasteiger partial charge >= 0.3 is 0 Å². The summed E-state index contributed by atoms with van der Waals surface area (Å²) in [4.78, 5) is 0. The number of aliphatic hydroxyl groups excluding tert-OH is 1. The van der Waals surface area contributed by atoms with Crippen LogP contribution in [0.2, 0.25) is 0 Å². The largest absolute Gasteiger partial charge is 0.458 e. The summed E-state index contributed by atoms with van der Waals surface area (Å²) in [6.07, 6.45) is -1.46. The SMILES string of the molecule is OC(c1cc2cc(F)ccc2o1)c1cccc(F)c1F. The van der Waals surface area contributed by atoms with Crippen molar-refractivity contribution in [2.75, 3.05) is 0 Å². The molecule has 1 aromatic heterocycles. The summed E-state index contributed by atoms with van der Waals surface area (Å²) >= 11 is 0. The zero-order valence-corrected chi connectivity index (χ0v) is 10.1. The Kier molecular flexibility index (Phi) is 2.99. The monoisotopic (exact) mass is 278 g/mol. The molecule has 2 aromatic carbocycles. The fraction of sp³-hybridized carbons (Fsp3) is 0.0667. The summed E-state index contributed by atoms with van der Waals surface area (Å²) in [6.45, 7) is 0. The molecule has 3 rings (SSSR count). The third-order valence-electron chi connectivity index (χ3n) is 3.04. The lowest BCUT2D eigenvalue weighted by atomic mass is 10.1. The molecular weight excluding hydrogens is 269 g/mol. The van der Waals surface area contributed by atoms with Crippen LogP contribution >= 0.6 is 0 Å². The van der Waals surface area contributed by atoms with Crippen molar-refractivity contribution in [1.82, 2.24) is 0 Å². The van der Waals surface area contributed by atoms with Crippen molar-refractivity contribution >= 4 is 11.0 Å². The Morgan fingerprint density at radius 1 is 1.00 bits per heavy atom. The van der Waals surface area contributed by atoms with E-state index in [1.165, 1.54) is 36.4 Å². The third kappa shape index (κ3) is 2.06. The minimum absolute atomic E-state index is 0.0232. The zero-order valence-electron chi connectivity index (χ0n) is 10.1. The van der Waals surface area contributed by atoms with E-state index < -0.39 is 23.6 Å².